The van der Waals surface area contributed by atoms with E-state index in [4.69, 9.17) is 9.84 Å². The number of carboxylic acids is 1. The zero-order valence-electron chi connectivity index (χ0n) is 8.80. The van der Waals surface area contributed by atoms with Gasteiger partial charge in [0.1, 0.15) is 5.92 Å². The summed E-state index contributed by atoms with van der Waals surface area (Å²) in [5.74, 6) is -3.65. The van der Waals surface area contributed by atoms with Crippen molar-refractivity contribution >= 4 is 11.8 Å². The third-order valence-corrected chi connectivity index (χ3v) is 2.10. The molecule has 2 N–H and O–H groups in total. The maximum atomic E-state index is 11.6. The number of aliphatic carboxylic acids is 1. The number of ketones is 1. The summed E-state index contributed by atoms with van der Waals surface area (Å²) < 4.78 is 4.79. The van der Waals surface area contributed by atoms with Crippen molar-refractivity contribution in [1.29, 1.82) is 0 Å². The van der Waals surface area contributed by atoms with Gasteiger partial charge >= 0.3 is 5.97 Å². The Balaban J connectivity index is 3.14. The van der Waals surface area contributed by atoms with Crippen LogP contribution in [0.5, 0.6) is 11.5 Å². The third kappa shape index (κ3) is 2.10. The van der Waals surface area contributed by atoms with Crippen LogP contribution in [0, 0.1) is 5.92 Å². The molecule has 1 rings (SSSR count). The molecule has 1 aromatic heterocycles. The summed E-state index contributed by atoms with van der Waals surface area (Å²) in [7, 11) is 1.32. The van der Waals surface area contributed by atoms with E-state index in [1.165, 1.54) is 26.3 Å². The van der Waals surface area contributed by atoms with Crippen LogP contribution in [-0.2, 0) is 4.79 Å². The molecule has 0 spiro atoms. The van der Waals surface area contributed by atoms with Crippen LogP contribution in [0.25, 0.3) is 0 Å². The molecule has 6 heteroatoms. The Hall–Kier alpha value is -2.11. The number of carbonyl (C=O) groups is 2. The van der Waals surface area contributed by atoms with Crippen molar-refractivity contribution < 1.29 is 24.5 Å². The second-order valence-corrected chi connectivity index (χ2v) is 3.13. The maximum absolute atomic E-state index is 11.6. The zero-order valence-corrected chi connectivity index (χ0v) is 8.80. The molecular formula is C10H11NO5. The number of pyridine rings is 1. The predicted molar refractivity (Wildman–Crippen MR) is 53.6 cm³/mol. The van der Waals surface area contributed by atoms with Crippen molar-refractivity contribution in [3.8, 4) is 11.5 Å². The van der Waals surface area contributed by atoms with E-state index in [9.17, 15) is 14.7 Å². The quantitative estimate of drug-likeness (QED) is 0.578. The van der Waals surface area contributed by atoms with Gasteiger partial charge in [0.25, 0.3) is 0 Å². The average molecular weight is 225 g/mol. The molecule has 1 aromatic rings. The molecule has 16 heavy (non-hydrogen) atoms. The van der Waals surface area contributed by atoms with Crippen LogP contribution in [0.4, 0.5) is 0 Å². The van der Waals surface area contributed by atoms with Crippen LogP contribution >= 0.6 is 0 Å². The van der Waals surface area contributed by atoms with Gasteiger partial charge in [0.15, 0.2) is 23.0 Å². The number of aromatic hydroxyl groups is 1. The van der Waals surface area contributed by atoms with Crippen molar-refractivity contribution in [2.45, 2.75) is 6.92 Å². The van der Waals surface area contributed by atoms with E-state index in [0.717, 1.165) is 0 Å². The summed E-state index contributed by atoms with van der Waals surface area (Å²) >= 11 is 0. The van der Waals surface area contributed by atoms with Crippen molar-refractivity contribution in [2.24, 2.45) is 5.92 Å². The van der Waals surface area contributed by atoms with Gasteiger partial charge < -0.3 is 14.9 Å². The fourth-order valence-electron chi connectivity index (χ4n) is 1.10. The van der Waals surface area contributed by atoms with Gasteiger partial charge in [-0.3, -0.25) is 9.59 Å². The van der Waals surface area contributed by atoms with Gasteiger partial charge in [-0.1, -0.05) is 0 Å². The number of aromatic nitrogens is 1. The van der Waals surface area contributed by atoms with E-state index < -0.39 is 23.4 Å². The van der Waals surface area contributed by atoms with Crippen molar-refractivity contribution in [3.63, 3.8) is 0 Å². The first-order chi connectivity index (χ1) is 7.49. The Kier molecular flexibility index (Phi) is 3.44. The predicted octanol–water partition coefficient (Wildman–Crippen LogP) is 0.699. The van der Waals surface area contributed by atoms with Gasteiger partial charge in [-0.2, -0.15) is 0 Å². The molecule has 0 saturated heterocycles. The standard InChI is InChI=1S/C10H11NO5/c1-5(10(14)15)8(12)7-9(13)6(16-2)3-4-11-7/h3-5,13H,1-2H3,(H,14,15)/t5-/m0/s1. The first kappa shape index (κ1) is 12.0. The van der Waals surface area contributed by atoms with E-state index in [0.29, 0.717) is 0 Å². The number of rotatable bonds is 4. The summed E-state index contributed by atoms with van der Waals surface area (Å²) in [6.45, 7) is 1.23. The molecule has 0 fully saturated rings. The minimum Gasteiger partial charge on any atom is -0.503 e. The first-order valence-corrected chi connectivity index (χ1v) is 4.48. The number of carbonyl (C=O) groups excluding carboxylic acids is 1. The highest BCUT2D eigenvalue weighted by molar-refractivity contribution is 6.08. The van der Waals surface area contributed by atoms with Gasteiger partial charge in [-0.25, -0.2) is 4.98 Å². The number of carboxylic acid groups (broad SMARTS) is 1. The minimum absolute atomic E-state index is 0.0796. The van der Waals surface area contributed by atoms with E-state index in [2.05, 4.69) is 4.98 Å². The molecule has 6 nitrogen and oxygen atoms in total. The van der Waals surface area contributed by atoms with Crippen LogP contribution in [0.2, 0.25) is 0 Å². The second-order valence-electron chi connectivity index (χ2n) is 3.13. The molecule has 0 aromatic carbocycles. The van der Waals surface area contributed by atoms with E-state index >= 15 is 0 Å². The Morgan fingerprint density at radius 2 is 2.12 bits per heavy atom. The van der Waals surface area contributed by atoms with Gasteiger partial charge in [-0.15, -0.1) is 0 Å². The fourth-order valence-corrected chi connectivity index (χ4v) is 1.10. The van der Waals surface area contributed by atoms with Crippen molar-refractivity contribution in [3.05, 3.63) is 18.0 Å². The molecule has 0 aliphatic rings. The van der Waals surface area contributed by atoms with Crippen molar-refractivity contribution in [2.75, 3.05) is 7.11 Å². The number of ether oxygens (including phenoxy) is 1. The van der Waals surface area contributed by atoms with Crippen molar-refractivity contribution in [1.82, 2.24) is 4.98 Å². The third-order valence-electron chi connectivity index (χ3n) is 2.10. The topological polar surface area (TPSA) is 96.7 Å². The highest BCUT2D eigenvalue weighted by Gasteiger charge is 2.26. The summed E-state index contributed by atoms with van der Waals surface area (Å²) in [5.41, 5.74) is -0.297. The van der Waals surface area contributed by atoms with Crippen LogP contribution in [0.15, 0.2) is 12.3 Å². The summed E-state index contributed by atoms with van der Waals surface area (Å²) in [5, 5.41) is 18.3. The molecule has 0 unspecified atom stereocenters. The van der Waals surface area contributed by atoms with Crippen LogP contribution in [-0.4, -0.2) is 34.1 Å². The Morgan fingerprint density at radius 1 is 1.50 bits per heavy atom. The lowest BCUT2D eigenvalue weighted by Gasteiger charge is -2.08. The van der Waals surface area contributed by atoms with Crippen LogP contribution in [0.1, 0.15) is 17.4 Å². The van der Waals surface area contributed by atoms with E-state index in [1.54, 1.807) is 0 Å². The van der Waals surface area contributed by atoms with Crippen LogP contribution in [0.3, 0.4) is 0 Å². The molecule has 0 amide bonds. The minimum atomic E-state index is -1.27. The molecule has 86 valence electrons. The molecule has 0 aliphatic heterocycles. The summed E-state index contributed by atoms with van der Waals surface area (Å²) in [6, 6.07) is 1.37. The van der Waals surface area contributed by atoms with Gasteiger partial charge in [0.05, 0.1) is 7.11 Å². The Bertz CT molecular complexity index is 429. The molecular weight excluding hydrogens is 214 g/mol. The lowest BCUT2D eigenvalue weighted by molar-refractivity contribution is -0.139. The average Bonchev–Trinajstić information content (AvgIpc) is 2.27. The Morgan fingerprint density at radius 3 is 2.62 bits per heavy atom. The normalized spacial score (nSPS) is 11.9. The molecule has 1 heterocycles. The first-order valence-electron chi connectivity index (χ1n) is 4.48. The monoisotopic (exact) mass is 225 g/mol. The molecule has 0 aliphatic carbocycles. The van der Waals surface area contributed by atoms with E-state index in [1.807, 2.05) is 0 Å². The smallest absolute Gasteiger partial charge is 0.314 e. The number of hydrogen-bond acceptors (Lipinski definition) is 5. The molecule has 1 atom stereocenters. The number of hydrogen-bond donors (Lipinski definition) is 2. The number of Topliss-reactive ketones (excluding diaryl/α,β-unsaturated/α-hetero) is 1. The molecule has 0 radical (unpaired) electrons. The summed E-state index contributed by atoms with van der Waals surface area (Å²) in [6.07, 6.45) is 1.26. The SMILES string of the molecule is COc1ccnc(C(=O)[C@H](C)C(=O)O)c1O. The Labute approximate surface area is 91.5 Å². The molecule has 0 saturated carbocycles. The van der Waals surface area contributed by atoms with E-state index in [-0.39, 0.29) is 11.4 Å². The molecule has 0 bridgehead atoms. The van der Waals surface area contributed by atoms with Gasteiger partial charge in [-0.05, 0) is 6.92 Å². The highest BCUT2D eigenvalue weighted by Crippen LogP contribution is 2.29. The lowest BCUT2D eigenvalue weighted by Crippen LogP contribution is -2.21. The van der Waals surface area contributed by atoms with Gasteiger partial charge in [0.2, 0.25) is 0 Å². The zero-order chi connectivity index (χ0) is 12.3. The second kappa shape index (κ2) is 4.61. The van der Waals surface area contributed by atoms with Crippen LogP contribution < -0.4 is 4.74 Å². The maximum Gasteiger partial charge on any atom is 0.314 e. The largest absolute Gasteiger partial charge is 0.503 e. The lowest BCUT2D eigenvalue weighted by atomic mass is 10.0. The number of nitrogens with zero attached hydrogens (tertiary/aromatic N) is 1. The highest BCUT2D eigenvalue weighted by atomic mass is 16.5. The number of methoxy groups -OCH3 is 1. The fraction of sp³-hybridized carbons (Fsp3) is 0.300. The van der Waals surface area contributed by atoms with Gasteiger partial charge in [0, 0.05) is 12.3 Å². The summed E-state index contributed by atoms with van der Waals surface area (Å²) in [4.78, 5) is 25.9.